The number of nitrogens with one attached hydrogen (secondary N) is 2. The van der Waals surface area contributed by atoms with Crippen molar-refractivity contribution in [1.82, 2.24) is 15.3 Å². The summed E-state index contributed by atoms with van der Waals surface area (Å²) in [5.74, 6) is 0.946. The maximum atomic E-state index is 12.0. The first-order chi connectivity index (χ1) is 15.0. The van der Waals surface area contributed by atoms with Gasteiger partial charge < -0.3 is 15.4 Å². The lowest BCUT2D eigenvalue weighted by atomic mass is 9.95. The molecule has 4 rings (SSSR count). The molecule has 164 valence electrons. The van der Waals surface area contributed by atoms with E-state index in [0.29, 0.717) is 39.3 Å². The van der Waals surface area contributed by atoms with Crippen molar-refractivity contribution >= 4 is 40.2 Å². The maximum Gasteiger partial charge on any atom is 0.259 e. The number of para-hydroxylation sites is 1. The average Bonchev–Trinajstić information content (AvgIpc) is 2.77. The number of aromatic hydroxyl groups is 1. The van der Waals surface area contributed by atoms with Gasteiger partial charge in [0, 0.05) is 23.2 Å². The summed E-state index contributed by atoms with van der Waals surface area (Å²) >= 11 is 6.91. The summed E-state index contributed by atoms with van der Waals surface area (Å²) in [7, 11) is 0. The molecule has 1 saturated carbocycles. The maximum absolute atomic E-state index is 12.0. The van der Waals surface area contributed by atoms with E-state index >= 15 is 0 Å². The highest BCUT2D eigenvalue weighted by Crippen LogP contribution is 2.18. The number of H-pyrrole nitrogens is 1. The number of benzene rings is 2. The lowest BCUT2D eigenvalue weighted by molar-refractivity contribution is -0.121. The van der Waals surface area contributed by atoms with Crippen LogP contribution in [0.5, 0.6) is 5.75 Å². The monoisotopic (exact) mass is 459 g/mol. The first-order valence-corrected chi connectivity index (χ1v) is 11.7. The Bertz CT molecular complexity index is 1030. The molecule has 31 heavy (non-hydrogen) atoms. The van der Waals surface area contributed by atoms with E-state index in [1.54, 1.807) is 30.3 Å². The van der Waals surface area contributed by atoms with Crippen LogP contribution in [0.25, 0.3) is 10.9 Å². The summed E-state index contributed by atoms with van der Waals surface area (Å²) in [5.41, 5.74) is 0.551. The number of hydrogen-bond donors (Lipinski definition) is 3. The van der Waals surface area contributed by atoms with Crippen molar-refractivity contribution in [2.75, 3.05) is 5.75 Å². The molecule has 1 aliphatic rings. The average molecular weight is 460 g/mol. The van der Waals surface area contributed by atoms with Crippen LogP contribution in [0.4, 0.5) is 0 Å². The van der Waals surface area contributed by atoms with E-state index in [2.05, 4.69) is 15.3 Å². The number of nitrogens with zero attached hydrogens (tertiary/aromatic N) is 1. The van der Waals surface area contributed by atoms with Crippen molar-refractivity contribution in [2.24, 2.45) is 0 Å². The highest BCUT2D eigenvalue weighted by molar-refractivity contribution is 7.99. The number of carbonyl (C=O) groups is 1. The molecule has 1 aromatic heterocycles. The van der Waals surface area contributed by atoms with E-state index in [-0.39, 0.29) is 17.2 Å². The molecule has 2 aromatic carbocycles. The van der Waals surface area contributed by atoms with Crippen molar-refractivity contribution in [2.45, 2.75) is 49.7 Å². The number of phenols is 1. The topological polar surface area (TPSA) is 95.1 Å². The van der Waals surface area contributed by atoms with Gasteiger partial charge in [0.15, 0.2) is 5.16 Å². The summed E-state index contributed by atoms with van der Waals surface area (Å²) in [6.07, 6.45) is 6.33. The third-order valence-corrected chi connectivity index (χ3v) is 6.08. The molecule has 3 N–H and O–H groups in total. The number of rotatable bonds is 5. The zero-order valence-corrected chi connectivity index (χ0v) is 18.7. The molecule has 6 nitrogen and oxygen atoms in total. The summed E-state index contributed by atoms with van der Waals surface area (Å²) in [6, 6.07) is 14.0. The van der Waals surface area contributed by atoms with Crippen LogP contribution in [-0.4, -0.2) is 32.8 Å². The van der Waals surface area contributed by atoms with Crippen molar-refractivity contribution in [1.29, 1.82) is 0 Å². The van der Waals surface area contributed by atoms with E-state index in [1.165, 1.54) is 31.0 Å². The standard InChI is InChI=1S/C17H21N3O2S.C6H5ClO/c21-15(18-12-6-2-1-3-7-12)10-11-23-17-19-14-9-5-4-8-13(14)16(22)20-17;7-5-1-3-6(8)4-2-5/h4-5,8-9,12H,1-3,6-7,10-11H2,(H,18,21)(H,19,20,22);1-4,8H. The van der Waals surface area contributed by atoms with E-state index in [0.717, 1.165) is 12.8 Å². The molecule has 1 amide bonds. The minimum absolute atomic E-state index is 0.0903. The first kappa shape index (κ1) is 23.2. The van der Waals surface area contributed by atoms with Gasteiger partial charge in [-0.15, -0.1) is 0 Å². The Kier molecular flexibility index (Phi) is 8.79. The molecule has 1 aliphatic carbocycles. The molecule has 1 heterocycles. The Hall–Kier alpha value is -2.51. The minimum atomic E-state index is -0.134. The number of aromatic amines is 1. The minimum Gasteiger partial charge on any atom is -0.508 e. The molecular formula is C23H26ClN3O3S. The van der Waals surface area contributed by atoms with Crippen LogP contribution in [-0.2, 0) is 4.79 Å². The zero-order chi connectivity index (χ0) is 22.1. The fraction of sp³-hybridized carbons (Fsp3) is 0.348. The van der Waals surface area contributed by atoms with Gasteiger partial charge in [-0.2, -0.15) is 0 Å². The molecular weight excluding hydrogens is 434 g/mol. The fourth-order valence-corrected chi connectivity index (χ4v) is 4.30. The largest absolute Gasteiger partial charge is 0.508 e. The SMILES string of the molecule is O=C(CCSc1nc2ccccc2c(=O)[nH]1)NC1CCCCC1.Oc1ccc(Cl)cc1. The van der Waals surface area contributed by atoms with Gasteiger partial charge in [0.1, 0.15) is 5.75 Å². The summed E-state index contributed by atoms with van der Waals surface area (Å²) in [5, 5.41) is 13.6. The number of thioether (sulfide) groups is 1. The zero-order valence-electron chi connectivity index (χ0n) is 17.1. The predicted octanol–water partition coefficient (Wildman–Crippen LogP) is 4.90. The van der Waals surface area contributed by atoms with Crippen LogP contribution in [0.1, 0.15) is 38.5 Å². The van der Waals surface area contributed by atoms with Crippen LogP contribution < -0.4 is 10.9 Å². The van der Waals surface area contributed by atoms with Crippen molar-refractivity contribution < 1.29 is 9.90 Å². The molecule has 0 unspecified atom stereocenters. The first-order valence-electron chi connectivity index (χ1n) is 10.4. The quantitative estimate of drug-likeness (QED) is 0.372. The molecule has 0 atom stereocenters. The number of hydrogen-bond acceptors (Lipinski definition) is 5. The smallest absolute Gasteiger partial charge is 0.259 e. The Morgan fingerprint density at radius 2 is 1.84 bits per heavy atom. The number of phenolic OH excluding ortho intramolecular Hbond substituents is 1. The van der Waals surface area contributed by atoms with Crippen molar-refractivity contribution in [3.8, 4) is 5.75 Å². The predicted molar refractivity (Wildman–Crippen MR) is 126 cm³/mol. The van der Waals surface area contributed by atoms with E-state index in [9.17, 15) is 9.59 Å². The van der Waals surface area contributed by atoms with Crippen LogP contribution >= 0.6 is 23.4 Å². The second kappa shape index (κ2) is 11.8. The van der Waals surface area contributed by atoms with Crippen molar-refractivity contribution in [3.05, 3.63) is 63.9 Å². The second-order valence-corrected chi connectivity index (χ2v) is 8.89. The van der Waals surface area contributed by atoms with E-state index < -0.39 is 0 Å². The molecule has 8 heteroatoms. The number of aromatic nitrogens is 2. The molecule has 0 aliphatic heterocycles. The molecule has 1 fully saturated rings. The number of amides is 1. The van der Waals surface area contributed by atoms with E-state index in [4.69, 9.17) is 16.7 Å². The van der Waals surface area contributed by atoms with Gasteiger partial charge in [-0.3, -0.25) is 9.59 Å². The van der Waals surface area contributed by atoms with Crippen molar-refractivity contribution in [3.63, 3.8) is 0 Å². The fourth-order valence-electron chi connectivity index (χ4n) is 3.36. The van der Waals surface area contributed by atoms with E-state index in [1.807, 2.05) is 18.2 Å². The number of fused-ring (bicyclic) bond motifs is 1. The molecule has 0 saturated heterocycles. The Balaban J connectivity index is 0.000000287. The molecule has 0 spiro atoms. The number of carbonyl (C=O) groups excluding carboxylic acids is 1. The Morgan fingerprint density at radius 1 is 1.13 bits per heavy atom. The van der Waals surface area contributed by atoms with Gasteiger partial charge >= 0.3 is 0 Å². The lowest BCUT2D eigenvalue weighted by Gasteiger charge is -2.22. The molecule has 3 aromatic rings. The molecule has 0 radical (unpaired) electrons. The highest BCUT2D eigenvalue weighted by Gasteiger charge is 2.15. The molecule has 0 bridgehead atoms. The Morgan fingerprint density at radius 3 is 2.55 bits per heavy atom. The van der Waals surface area contributed by atoms with Gasteiger partial charge in [0.25, 0.3) is 5.56 Å². The van der Waals surface area contributed by atoms with Crippen LogP contribution in [0.15, 0.2) is 58.5 Å². The normalized spacial score (nSPS) is 14.0. The highest BCUT2D eigenvalue weighted by atomic mass is 35.5. The Labute approximate surface area is 190 Å². The van der Waals surface area contributed by atoms with Gasteiger partial charge in [-0.05, 0) is 49.2 Å². The second-order valence-electron chi connectivity index (χ2n) is 7.37. The van der Waals surface area contributed by atoms with Crippen LogP contribution in [0, 0.1) is 0 Å². The summed E-state index contributed by atoms with van der Waals surface area (Å²) in [4.78, 5) is 31.1. The van der Waals surface area contributed by atoms with Gasteiger partial charge in [0.2, 0.25) is 5.91 Å². The summed E-state index contributed by atoms with van der Waals surface area (Å²) in [6.45, 7) is 0. The van der Waals surface area contributed by atoms with Gasteiger partial charge in [-0.1, -0.05) is 54.8 Å². The third kappa shape index (κ3) is 7.60. The van der Waals surface area contributed by atoms with Crippen LogP contribution in [0.3, 0.4) is 0 Å². The van der Waals surface area contributed by atoms with Gasteiger partial charge in [0.05, 0.1) is 10.9 Å². The van der Waals surface area contributed by atoms with Gasteiger partial charge in [-0.25, -0.2) is 4.98 Å². The lowest BCUT2D eigenvalue weighted by Crippen LogP contribution is -2.36. The third-order valence-electron chi connectivity index (χ3n) is 4.96. The number of halogens is 1. The van der Waals surface area contributed by atoms with Crippen LogP contribution in [0.2, 0.25) is 5.02 Å². The summed E-state index contributed by atoms with van der Waals surface area (Å²) < 4.78 is 0.